The Kier molecular flexibility index (Phi) is 4.83. The van der Waals surface area contributed by atoms with E-state index in [2.05, 4.69) is 25.3 Å². The SMILES string of the molecule is O=C(NCc1cn(-c2ccncc2)nn1)c1ccc(OC(F)(F)F)cc1. The Morgan fingerprint density at radius 3 is 2.46 bits per heavy atom. The summed E-state index contributed by atoms with van der Waals surface area (Å²) in [6, 6.07) is 8.13. The molecule has 0 bridgehead atoms. The highest BCUT2D eigenvalue weighted by molar-refractivity contribution is 5.94. The van der Waals surface area contributed by atoms with Crippen LogP contribution in [0.3, 0.4) is 0 Å². The molecular formula is C16H12F3N5O2. The minimum atomic E-state index is -4.77. The summed E-state index contributed by atoms with van der Waals surface area (Å²) < 4.78 is 41.6. The lowest BCUT2D eigenvalue weighted by Gasteiger charge is -2.09. The highest BCUT2D eigenvalue weighted by Gasteiger charge is 2.31. The van der Waals surface area contributed by atoms with E-state index in [9.17, 15) is 18.0 Å². The number of alkyl halides is 3. The first kappa shape index (κ1) is 17.4. The Labute approximate surface area is 145 Å². The smallest absolute Gasteiger partial charge is 0.406 e. The van der Waals surface area contributed by atoms with Crippen LogP contribution in [0.4, 0.5) is 13.2 Å². The number of ether oxygens (including phenoxy) is 1. The number of halogens is 3. The van der Waals surface area contributed by atoms with Gasteiger partial charge in [-0.05, 0) is 36.4 Å². The van der Waals surface area contributed by atoms with Crippen LogP contribution >= 0.6 is 0 Å². The van der Waals surface area contributed by atoms with Crippen LogP contribution in [0.1, 0.15) is 16.1 Å². The van der Waals surface area contributed by atoms with Gasteiger partial charge in [-0.1, -0.05) is 5.21 Å². The molecule has 7 nitrogen and oxygen atoms in total. The molecule has 0 radical (unpaired) electrons. The maximum Gasteiger partial charge on any atom is 0.573 e. The molecule has 3 aromatic rings. The van der Waals surface area contributed by atoms with Crippen molar-refractivity contribution in [2.75, 3.05) is 0 Å². The van der Waals surface area contributed by atoms with Crippen LogP contribution in [-0.4, -0.2) is 32.2 Å². The first-order valence-corrected chi connectivity index (χ1v) is 7.36. The second-order valence-electron chi connectivity index (χ2n) is 5.11. The van der Waals surface area contributed by atoms with E-state index >= 15 is 0 Å². The van der Waals surface area contributed by atoms with Crippen molar-refractivity contribution in [3.8, 4) is 11.4 Å². The maximum absolute atomic E-state index is 12.1. The van der Waals surface area contributed by atoms with Gasteiger partial charge in [0, 0.05) is 18.0 Å². The van der Waals surface area contributed by atoms with Gasteiger partial charge in [0.15, 0.2) is 0 Å². The summed E-state index contributed by atoms with van der Waals surface area (Å²) in [5, 5.41) is 10.5. The summed E-state index contributed by atoms with van der Waals surface area (Å²) in [5.74, 6) is -0.851. The van der Waals surface area contributed by atoms with Crippen LogP contribution in [0.2, 0.25) is 0 Å². The summed E-state index contributed by atoms with van der Waals surface area (Å²) in [4.78, 5) is 16.0. The van der Waals surface area contributed by atoms with Gasteiger partial charge < -0.3 is 10.1 Å². The third-order valence-electron chi connectivity index (χ3n) is 3.25. The van der Waals surface area contributed by atoms with E-state index in [4.69, 9.17) is 0 Å². The van der Waals surface area contributed by atoms with Crippen LogP contribution in [-0.2, 0) is 6.54 Å². The molecule has 1 amide bonds. The Morgan fingerprint density at radius 1 is 1.12 bits per heavy atom. The second-order valence-corrected chi connectivity index (χ2v) is 5.11. The van der Waals surface area contributed by atoms with Gasteiger partial charge in [-0.3, -0.25) is 9.78 Å². The normalized spacial score (nSPS) is 11.2. The minimum Gasteiger partial charge on any atom is -0.406 e. The van der Waals surface area contributed by atoms with E-state index in [0.717, 1.165) is 17.8 Å². The molecule has 1 N–H and O–H groups in total. The van der Waals surface area contributed by atoms with Crippen LogP contribution in [0.15, 0.2) is 55.0 Å². The average Bonchev–Trinajstić information content (AvgIpc) is 3.09. The molecule has 0 aliphatic carbocycles. The zero-order valence-electron chi connectivity index (χ0n) is 13.1. The van der Waals surface area contributed by atoms with Crippen molar-refractivity contribution in [3.63, 3.8) is 0 Å². The zero-order valence-corrected chi connectivity index (χ0v) is 13.1. The van der Waals surface area contributed by atoms with Crippen LogP contribution in [0, 0.1) is 0 Å². The summed E-state index contributed by atoms with van der Waals surface area (Å²) in [6.07, 6.45) is 0.107. The van der Waals surface area contributed by atoms with E-state index in [1.807, 2.05) is 0 Å². The van der Waals surface area contributed by atoms with Crippen LogP contribution < -0.4 is 10.1 Å². The van der Waals surface area contributed by atoms with Crippen LogP contribution in [0.25, 0.3) is 5.69 Å². The number of carbonyl (C=O) groups is 1. The van der Waals surface area contributed by atoms with E-state index < -0.39 is 18.0 Å². The van der Waals surface area contributed by atoms with E-state index in [-0.39, 0.29) is 12.1 Å². The Morgan fingerprint density at radius 2 is 1.81 bits per heavy atom. The number of amides is 1. The number of pyridine rings is 1. The topological polar surface area (TPSA) is 81.9 Å². The third-order valence-corrected chi connectivity index (χ3v) is 3.25. The molecule has 134 valence electrons. The molecule has 1 aromatic carbocycles. The molecule has 2 heterocycles. The molecule has 3 rings (SSSR count). The molecule has 0 fully saturated rings. The Bertz CT molecular complexity index is 879. The standard InChI is InChI=1S/C16H12F3N5O2/c17-16(18,19)26-14-3-1-11(2-4-14)15(25)21-9-12-10-24(23-22-12)13-5-7-20-8-6-13/h1-8,10H,9H2,(H,21,25). The molecule has 0 saturated heterocycles. The average molecular weight is 363 g/mol. The lowest BCUT2D eigenvalue weighted by atomic mass is 10.2. The maximum atomic E-state index is 12.1. The monoisotopic (exact) mass is 363 g/mol. The van der Waals surface area contributed by atoms with E-state index in [0.29, 0.717) is 5.69 Å². The number of aromatic nitrogens is 4. The van der Waals surface area contributed by atoms with Gasteiger partial charge in [-0.25, -0.2) is 4.68 Å². The molecule has 0 aliphatic heterocycles. The predicted octanol–water partition coefficient (Wildman–Crippen LogP) is 2.49. The van der Waals surface area contributed by atoms with Gasteiger partial charge in [-0.2, -0.15) is 0 Å². The van der Waals surface area contributed by atoms with Gasteiger partial charge in [0.2, 0.25) is 0 Å². The molecule has 0 aliphatic rings. The van der Waals surface area contributed by atoms with Crippen LogP contribution in [0.5, 0.6) is 5.75 Å². The van der Waals surface area contributed by atoms with Crippen molar-refractivity contribution in [3.05, 3.63) is 66.2 Å². The minimum absolute atomic E-state index is 0.116. The van der Waals surface area contributed by atoms with Crippen molar-refractivity contribution in [2.45, 2.75) is 12.9 Å². The molecule has 2 aromatic heterocycles. The fraction of sp³-hybridized carbons (Fsp3) is 0.125. The molecular weight excluding hydrogens is 351 g/mol. The second kappa shape index (κ2) is 7.21. The molecule has 10 heteroatoms. The number of hydrogen-bond donors (Lipinski definition) is 1. The van der Waals surface area contributed by atoms with Crippen molar-refractivity contribution in [1.29, 1.82) is 0 Å². The Balaban J connectivity index is 1.58. The highest BCUT2D eigenvalue weighted by Crippen LogP contribution is 2.22. The number of nitrogens with zero attached hydrogens (tertiary/aromatic N) is 4. The predicted molar refractivity (Wildman–Crippen MR) is 83.4 cm³/mol. The fourth-order valence-electron chi connectivity index (χ4n) is 2.08. The lowest BCUT2D eigenvalue weighted by molar-refractivity contribution is -0.274. The number of rotatable bonds is 5. The quantitative estimate of drug-likeness (QED) is 0.753. The molecule has 0 spiro atoms. The molecule has 0 unspecified atom stereocenters. The number of hydrogen-bond acceptors (Lipinski definition) is 5. The highest BCUT2D eigenvalue weighted by atomic mass is 19.4. The first-order valence-electron chi connectivity index (χ1n) is 7.36. The summed E-state index contributed by atoms with van der Waals surface area (Å²) >= 11 is 0. The lowest BCUT2D eigenvalue weighted by Crippen LogP contribution is -2.23. The van der Waals surface area contributed by atoms with Crippen molar-refractivity contribution < 1.29 is 22.7 Å². The molecule has 0 saturated carbocycles. The summed E-state index contributed by atoms with van der Waals surface area (Å²) in [5.41, 5.74) is 1.48. The van der Waals surface area contributed by atoms with Gasteiger partial charge in [-0.15, -0.1) is 18.3 Å². The fourth-order valence-corrected chi connectivity index (χ4v) is 2.08. The third kappa shape index (κ3) is 4.56. The van der Waals surface area contributed by atoms with E-state index in [1.54, 1.807) is 30.7 Å². The van der Waals surface area contributed by atoms with Gasteiger partial charge in [0.25, 0.3) is 5.91 Å². The Hall–Kier alpha value is -3.43. The van der Waals surface area contributed by atoms with Gasteiger partial charge in [0.1, 0.15) is 11.4 Å². The largest absolute Gasteiger partial charge is 0.573 e. The zero-order chi connectivity index (χ0) is 18.6. The van der Waals surface area contributed by atoms with Crippen molar-refractivity contribution in [1.82, 2.24) is 25.3 Å². The molecule has 26 heavy (non-hydrogen) atoms. The number of benzene rings is 1. The van der Waals surface area contributed by atoms with Crippen molar-refractivity contribution >= 4 is 5.91 Å². The van der Waals surface area contributed by atoms with Crippen molar-refractivity contribution in [2.24, 2.45) is 0 Å². The summed E-state index contributed by atoms with van der Waals surface area (Å²) in [6.45, 7) is 0.116. The summed E-state index contributed by atoms with van der Waals surface area (Å²) in [7, 11) is 0. The number of nitrogens with one attached hydrogen (secondary N) is 1. The van der Waals surface area contributed by atoms with E-state index in [1.165, 1.54) is 16.8 Å². The first-order chi connectivity index (χ1) is 12.4. The number of carbonyl (C=O) groups excluding carboxylic acids is 1. The van der Waals surface area contributed by atoms with Gasteiger partial charge >= 0.3 is 6.36 Å². The van der Waals surface area contributed by atoms with Gasteiger partial charge in [0.05, 0.1) is 18.4 Å². The molecule has 0 atom stereocenters.